The Bertz CT molecular complexity index is 323. The summed E-state index contributed by atoms with van der Waals surface area (Å²) in [5.41, 5.74) is -8.04. The molecule has 1 rings (SSSR count). The van der Waals surface area contributed by atoms with E-state index in [1.807, 2.05) is 0 Å². The van der Waals surface area contributed by atoms with Crippen molar-refractivity contribution in [3.05, 3.63) is 11.7 Å². The molecule has 0 nitrogen and oxygen atoms in total. The van der Waals surface area contributed by atoms with E-state index < -0.39 is 42.0 Å². The predicted molar refractivity (Wildman–Crippen MR) is 33.6 cm³/mol. The molecular weight excluding hydrogens is 255 g/mol. The molecule has 2 unspecified atom stereocenters. The molecule has 0 N–H and O–H groups in total. The maximum Gasteiger partial charge on any atom is 0.431 e. The van der Waals surface area contributed by atoms with Crippen molar-refractivity contribution >= 4 is 0 Å². The molecule has 1 saturated carbocycles. The Morgan fingerprint density at radius 1 is 1.12 bits per heavy atom. The van der Waals surface area contributed by atoms with Gasteiger partial charge in [0.1, 0.15) is 0 Å². The minimum Gasteiger partial charge on any atom is -0.243 e. The van der Waals surface area contributed by atoms with E-state index in [1.165, 1.54) is 0 Å². The third kappa shape index (κ3) is 1.40. The van der Waals surface area contributed by atoms with Gasteiger partial charge in [-0.3, -0.25) is 0 Å². The molecule has 0 saturated heterocycles. The average molecular weight is 258 g/mol. The molecule has 1 aliphatic rings. The molecule has 0 bridgehead atoms. The first-order valence-electron chi connectivity index (χ1n) is 3.78. The molecular formula is C7H3F9. The Kier molecular flexibility index (Phi) is 2.72. The van der Waals surface area contributed by atoms with E-state index in [-0.39, 0.29) is 0 Å². The first-order valence-corrected chi connectivity index (χ1v) is 3.78. The summed E-state index contributed by atoms with van der Waals surface area (Å²) in [5, 5.41) is 0. The van der Waals surface area contributed by atoms with Gasteiger partial charge in [-0.15, -0.1) is 0 Å². The van der Waals surface area contributed by atoms with Crippen LogP contribution in [0, 0.1) is 0 Å². The molecule has 0 radical (unpaired) electrons. The van der Waals surface area contributed by atoms with E-state index in [0.29, 0.717) is 0 Å². The second-order valence-electron chi connectivity index (χ2n) is 3.19. The molecule has 0 spiro atoms. The van der Waals surface area contributed by atoms with Crippen LogP contribution in [0.25, 0.3) is 0 Å². The largest absolute Gasteiger partial charge is 0.431 e. The van der Waals surface area contributed by atoms with Gasteiger partial charge in [-0.1, -0.05) is 0 Å². The van der Waals surface area contributed by atoms with Crippen LogP contribution in [0.5, 0.6) is 0 Å². The Morgan fingerprint density at radius 3 is 1.75 bits per heavy atom. The molecule has 16 heavy (non-hydrogen) atoms. The van der Waals surface area contributed by atoms with Gasteiger partial charge in [0.2, 0.25) is 0 Å². The summed E-state index contributed by atoms with van der Waals surface area (Å²) in [7, 11) is 0. The highest BCUT2D eigenvalue weighted by Gasteiger charge is 2.81. The van der Waals surface area contributed by atoms with Crippen molar-refractivity contribution in [1.29, 1.82) is 0 Å². The minimum atomic E-state index is -6.27. The Balaban J connectivity index is 3.40. The molecule has 9 heteroatoms. The van der Waals surface area contributed by atoms with Crippen LogP contribution in [0.1, 0.15) is 6.42 Å². The molecule has 0 aliphatic heterocycles. The number of alkyl halides is 7. The van der Waals surface area contributed by atoms with Gasteiger partial charge in [-0.2, -0.15) is 30.7 Å². The quantitative estimate of drug-likeness (QED) is 0.580. The van der Waals surface area contributed by atoms with Gasteiger partial charge < -0.3 is 0 Å². The normalized spacial score (nSPS) is 34.3. The standard InChI is InChI=1S/C7H3F9/c8-3-1-2(4(9)10)6(12,13)5(3,11)7(14,15)16/h3H,1H2. The van der Waals surface area contributed by atoms with E-state index in [1.54, 1.807) is 0 Å². The molecule has 0 aromatic heterocycles. The number of halogens is 9. The highest BCUT2D eigenvalue weighted by atomic mass is 19.4. The van der Waals surface area contributed by atoms with E-state index in [4.69, 9.17) is 0 Å². The van der Waals surface area contributed by atoms with Gasteiger partial charge >= 0.3 is 17.8 Å². The van der Waals surface area contributed by atoms with Crippen LogP contribution in [0.3, 0.4) is 0 Å². The molecule has 1 aliphatic carbocycles. The van der Waals surface area contributed by atoms with Crippen molar-refractivity contribution in [3.63, 3.8) is 0 Å². The molecule has 0 heterocycles. The summed E-state index contributed by atoms with van der Waals surface area (Å²) < 4.78 is 111. The first kappa shape index (κ1) is 13.2. The van der Waals surface area contributed by atoms with Crippen molar-refractivity contribution in [2.75, 3.05) is 0 Å². The highest BCUT2D eigenvalue weighted by Crippen LogP contribution is 2.59. The number of hydrogen-bond donors (Lipinski definition) is 0. The first-order chi connectivity index (χ1) is 6.96. The van der Waals surface area contributed by atoms with Crippen molar-refractivity contribution in [2.24, 2.45) is 0 Å². The maximum atomic E-state index is 13.0. The third-order valence-electron chi connectivity index (χ3n) is 2.29. The van der Waals surface area contributed by atoms with Crippen LogP contribution >= 0.6 is 0 Å². The molecule has 0 amide bonds. The molecule has 2 atom stereocenters. The Labute approximate surface area is 82.7 Å². The van der Waals surface area contributed by atoms with Gasteiger partial charge in [0.05, 0.1) is 5.57 Å². The third-order valence-corrected chi connectivity index (χ3v) is 2.29. The summed E-state index contributed by atoms with van der Waals surface area (Å²) in [5.74, 6) is -5.59. The molecule has 94 valence electrons. The Hall–Kier alpha value is -0.890. The van der Waals surface area contributed by atoms with E-state index in [9.17, 15) is 39.5 Å². The number of hydrogen-bond acceptors (Lipinski definition) is 0. The summed E-state index contributed by atoms with van der Waals surface area (Å²) in [4.78, 5) is 0. The topological polar surface area (TPSA) is 0 Å². The van der Waals surface area contributed by atoms with Gasteiger partial charge in [-0.25, -0.2) is 8.78 Å². The fourth-order valence-electron chi connectivity index (χ4n) is 1.42. The average Bonchev–Trinajstić information content (AvgIpc) is 2.25. The fraction of sp³-hybridized carbons (Fsp3) is 0.714. The highest BCUT2D eigenvalue weighted by molar-refractivity contribution is 5.32. The van der Waals surface area contributed by atoms with Crippen LogP contribution in [0.15, 0.2) is 11.7 Å². The smallest absolute Gasteiger partial charge is 0.243 e. The van der Waals surface area contributed by atoms with E-state index in [0.717, 1.165) is 0 Å². The van der Waals surface area contributed by atoms with Crippen LogP contribution in [-0.4, -0.2) is 23.9 Å². The van der Waals surface area contributed by atoms with Gasteiger partial charge in [-0.05, 0) is 0 Å². The number of rotatable bonds is 0. The molecule has 1 fully saturated rings. The maximum absolute atomic E-state index is 13.0. The minimum absolute atomic E-state index is 1.98. The SMILES string of the molecule is FC(F)=C1CC(F)C(F)(C(F)(F)F)C1(F)F. The lowest BCUT2D eigenvalue weighted by Gasteiger charge is -2.30. The van der Waals surface area contributed by atoms with Crippen LogP contribution in [0.2, 0.25) is 0 Å². The van der Waals surface area contributed by atoms with Gasteiger partial charge in [0, 0.05) is 6.42 Å². The molecule has 0 aromatic rings. The number of allylic oxidation sites excluding steroid dienone is 1. The zero-order valence-corrected chi connectivity index (χ0v) is 7.19. The van der Waals surface area contributed by atoms with Gasteiger partial charge in [0.25, 0.3) is 6.08 Å². The van der Waals surface area contributed by atoms with Crippen molar-refractivity contribution in [3.8, 4) is 0 Å². The van der Waals surface area contributed by atoms with Crippen LogP contribution < -0.4 is 0 Å². The fourth-order valence-corrected chi connectivity index (χ4v) is 1.42. The van der Waals surface area contributed by atoms with E-state index in [2.05, 4.69) is 0 Å². The van der Waals surface area contributed by atoms with Crippen LogP contribution in [-0.2, 0) is 0 Å². The monoisotopic (exact) mass is 258 g/mol. The van der Waals surface area contributed by atoms with Gasteiger partial charge in [0.15, 0.2) is 6.17 Å². The summed E-state index contributed by atoms with van der Waals surface area (Å²) in [6, 6.07) is 0. The second kappa shape index (κ2) is 3.30. The van der Waals surface area contributed by atoms with Crippen LogP contribution in [0.4, 0.5) is 39.5 Å². The lowest BCUT2D eigenvalue weighted by molar-refractivity contribution is -0.297. The molecule has 0 aromatic carbocycles. The van der Waals surface area contributed by atoms with Crippen molar-refractivity contribution in [1.82, 2.24) is 0 Å². The summed E-state index contributed by atoms with van der Waals surface area (Å²) in [6.07, 6.45) is -15.2. The second-order valence-corrected chi connectivity index (χ2v) is 3.19. The summed E-state index contributed by atoms with van der Waals surface area (Å²) in [6.45, 7) is 0. The van der Waals surface area contributed by atoms with Crippen molar-refractivity contribution in [2.45, 2.75) is 30.4 Å². The van der Waals surface area contributed by atoms with Crippen molar-refractivity contribution < 1.29 is 39.5 Å². The van der Waals surface area contributed by atoms with E-state index >= 15 is 0 Å². The Morgan fingerprint density at radius 2 is 1.56 bits per heavy atom. The predicted octanol–water partition coefficient (Wildman–Crippen LogP) is 3.78. The lowest BCUT2D eigenvalue weighted by atomic mass is 9.98. The lowest BCUT2D eigenvalue weighted by Crippen LogP contribution is -2.56. The summed E-state index contributed by atoms with van der Waals surface area (Å²) >= 11 is 0. The zero-order chi connectivity index (χ0) is 12.9. The zero-order valence-electron chi connectivity index (χ0n) is 7.19.